The van der Waals surface area contributed by atoms with Gasteiger partial charge in [-0.3, -0.25) is 4.79 Å². The number of carboxylic acid groups (broad SMARTS) is 1. The Hall–Kier alpha value is -0.300. The van der Waals surface area contributed by atoms with Gasteiger partial charge in [-0.2, -0.15) is 11.8 Å². The average Bonchev–Trinajstić information content (AvgIpc) is 2.20. The lowest BCUT2D eigenvalue weighted by Gasteiger charge is -2.13. The molecule has 2 unspecified atom stereocenters. The molecule has 5 nitrogen and oxygen atoms in total. The van der Waals surface area contributed by atoms with Crippen molar-refractivity contribution in [1.29, 1.82) is 0 Å². The maximum absolute atomic E-state index is 10.4. The Bertz CT molecular complexity index is 188. The molecular formula is C10H20O5S. The van der Waals surface area contributed by atoms with Gasteiger partial charge in [0.15, 0.2) is 0 Å². The lowest BCUT2D eigenvalue weighted by molar-refractivity contribution is -0.136. The first-order valence-corrected chi connectivity index (χ1v) is 6.19. The second-order valence-electron chi connectivity index (χ2n) is 3.46. The number of rotatable bonds is 10. The van der Waals surface area contributed by atoms with Crippen molar-refractivity contribution < 1.29 is 24.5 Å². The number of hydrogen-bond donors (Lipinski definition) is 2. The molecule has 0 bridgehead atoms. The predicted octanol–water partition coefficient (Wildman–Crippen LogP) is 0.607. The summed E-state index contributed by atoms with van der Waals surface area (Å²) >= 11 is 1.43. The number of carboxylic acids is 1. The van der Waals surface area contributed by atoms with Crippen LogP contribution in [0, 0.1) is 0 Å². The molecule has 16 heavy (non-hydrogen) atoms. The molecule has 0 aromatic heterocycles. The summed E-state index contributed by atoms with van der Waals surface area (Å²) in [7, 11) is 1.59. The molecule has 6 heteroatoms. The van der Waals surface area contributed by atoms with Gasteiger partial charge in [-0.15, -0.1) is 0 Å². The highest BCUT2D eigenvalue weighted by Crippen LogP contribution is 2.15. The molecule has 0 spiro atoms. The minimum atomic E-state index is -0.814. The van der Waals surface area contributed by atoms with Crippen LogP contribution in [0.5, 0.6) is 0 Å². The molecule has 0 fully saturated rings. The first-order chi connectivity index (χ1) is 7.56. The molecule has 2 atom stereocenters. The van der Waals surface area contributed by atoms with E-state index in [0.29, 0.717) is 19.0 Å². The first-order valence-electron chi connectivity index (χ1n) is 5.14. The molecule has 0 aromatic carbocycles. The van der Waals surface area contributed by atoms with Gasteiger partial charge in [0.1, 0.15) is 0 Å². The highest BCUT2D eigenvalue weighted by Gasteiger charge is 2.11. The molecule has 0 saturated carbocycles. The molecule has 0 heterocycles. The summed E-state index contributed by atoms with van der Waals surface area (Å²) in [6.07, 6.45) is -0.444. The van der Waals surface area contributed by atoms with Crippen LogP contribution in [0.2, 0.25) is 0 Å². The number of ether oxygens (including phenoxy) is 2. The minimum absolute atomic E-state index is 0.00567. The Balaban J connectivity index is 3.41. The van der Waals surface area contributed by atoms with Gasteiger partial charge in [-0.1, -0.05) is 6.92 Å². The van der Waals surface area contributed by atoms with E-state index in [4.69, 9.17) is 14.6 Å². The van der Waals surface area contributed by atoms with Crippen molar-refractivity contribution in [3.63, 3.8) is 0 Å². The van der Waals surface area contributed by atoms with Crippen LogP contribution in [0.25, 0.3) is 0 Å². The summed E-state index contributed by atoms with van der Waals surface area (Å²) < 4.78 is 9.93. The van der Waals surface area contributed by atoms with E-state index in [1.54, 1.807) is 7.11 Å². The fourth-order valence-corrected chi connectivity index (χ4v) is 1.90. The van der Waals surface area contributed by atoms with Crippen LogP contribution in [0.4, 0.5) is 0 Å². The molecule has 0 amide bonds. The van der Waals surface area contributed by atoms with Crippen LogP contribution in [0.15, 0.2) is 0 Å². The summed E-state index contributed by atoms with van der Waals surface area (Å²) in [5.41, 5.74) is 0. The fraction of sp³-hybridized carbons (Fsp3) is 0.900. The summed E-state index contributed by atoms with van der Waals surface area (Å²) in [6.45, 7) is 3.06. The van der Waals surface area contributed by atoms with E-state index in [1.165, 1.54) is 11.8 Å². The Morgan fingerprint density at radius 1 is 1.44 bits per heavy atom. The van der Waals surface area contributed by atoms with Crippen molar-refractivity contribution in [3.05, 3.63) is 0 Å². The molecule has 0 radical (unpaired) electrons. The van der Waals surface area contributed by atoms with Crippen LogP contribution in [0.3, 0.4) is 0 Å². The largest absolute Gasteiger partial charge is 0.481 e. The second-order valence-corrected chi connectivity index (χ2v) is 4.93. The van der Waals surface area contributed by atoms with E-state index in [0.717, 1.165) is 0 Å². The number of methoxy groups -OCH3 is 1. The summed E-state index contributed by atoms with van der Waals surface area (Å²) in [4.78, 5) is 10.4. The lowest BCUT2D eigenvalue weighted by Crippen LogP contribution is -2.21. The van der Waals surface area contributed by atoms with E-state index < -0.39 is 12.1 Å². The van der Waals surface area contributed by atoms with Crippen LogP contribution >= 0.6 is 11.8 Å². The fourth-order valence-electron chi connectivity index (χ4n) is 0.990. The van der Waals surface area contributed by atoms with E-state index in [9.17, 15) is 9.90 Å². The van der Waals surface area contributed by atoms with Gasteiger partial charge in [0.25, 0.3) is 0 Å². The number of hydrogen-bond acceptors (Lipinski definition) is 5. The predicted molar refractivity (Wildman–Crippen MR) is 62.9 cm³/mol. The summed E-state index contributed by atoms with van der Waals surface area (Å²) in [6, 6.07) is 0. The molecule has 0 rings (SSSR count). The number of aliphatic carboxylic acids is 1. The molecule has 0 aromatic rings. The van der Waals surface area contributed by atoms with Gasteiger partial charge in [-0.25, -0.2) is 0 Å². The maximum Gasteiger partial charge on any atom is 0.304 e. The molecule has 0 saturated heterocycles. The lowest BCUT2D eigenvalue weighted by atomic mass is 10.3. The van der Waals surface area contributed by atoms with Gasteiger partial charge in [0.05, 0.1) is 32.3 Å². The Labute approximate surface area is 100 Å². The third-order valence-electron chi connectivity index (χ3n) is 1.78. The van der Waals surface area contributed by atoms with Crippen molar-refractivity contribution in [2.45, 2.75) is 24.7 Å². The van der Waals surface area contributed by atoms with Crippen LogP contribution in [-0.2, 0) is 14.3 Å². The topological polar surface area (TPSA) is 76.0 Å². The normalized spacial score (nSPS) is 14.7. The number of thioether (sulfide) groups is 1. The van der Waals surface area contributed by atoms with Crippen molar-refractivity contribution in [2.75, 3.05) is 32.7 Å². The number of aliphatic hydroxyl groups excluding tert-OH is 1. The van der Waals surface area contributed by atoms with E-state index in [-0.39, 0.29) is 18.3 Å². The van der Waals surface area contributed by atoms with Crippen LogP contribution in [0.1, 0.15) is 13.3 Å². The number of aliphatic hydroxyl groups is 1. The maximum atomic E-state index is 10.4. The molecule has 0 aliphatic carbocycles. The van der Waals surface area contributed by atoms with Gasteiger partial charge < -0.3 is 19.7 Å². The number of carbonyl (C=O) groups is 1. The van der Waals surface area contributed by atoms with Gasteiger partial charge in [0, 0.05) is 18.1 Å². The zero-order valence-electron chi connectivity index (χ0n) is 9.72. The quantitative estimate of drug-likeness (QED) is 0.555. The second kappa shape index (κ2) is 9.89. The minimum Gasteiger partial charge on any atom is -0.481 e. The Morgan fingerprint density at radius 2 is 2.12 bits per heavy atom. The van der Waals surface area contributed by atoms with Crippen molar-refractivity contribution in [3.8, 4) is 0 Å². The van der Waals surface area contributed by atoms with Crippen molar-refractivity contribution >= 4 is 17.7 Å². The molecule has 2 N–H and O–H groups in total. The van der Waals surface area contributed by atoms with Crippen LogP contribution < -0.4 is 0 Å². The molecule has 0 aliphatic heterocycles. The van der Waals surface area contributed by atoms with E-state index >= 15 is 0 Å². The third-order valence-corrected chi connectivity index (χ3v) is 3.09. The zero-order chi connectivity index (χ0) is 12.4. The van der Waals surface area contributed by atoms with Gasteiger partial charge in [-0.05, 0) is 0 Å². The summed E-state index contributed by atoms with van der Waals surface area (Å²) in [5.74, 6) is -0.327. The highest BCUT2D eigenvalue weighted by atomic mass is 32.2. The zero-order valence-corrected chi connectivity index (χ0v) is 10.5. The molecule has 96 valence electrons. The average molecular weight is 252 g/mol. The standard InChI is InChI=1S/C10H20O5S/c1-8(5-10(12)13)16-7-9(11)6-15-4-3-14-2/h8-9,11H,3-7H2,1-2H3,(H,12,13). The Morgan fingerprint density at radius 3 is 2.69 bits per heavy atom. The van der Waals surface area contributed by atoms with Crippen molar-refractivity contribution in [1.82, 2.24) is 0 Å². The third kappa shape index (κ3) is 10.2. The summed E-state index contributed by atoms with van der Waals surface area (Å²) in [5, 5.41) is 18.0. The first kappa shape index (κ1) is 15.7. The van der Waals surface area contributed by atoms with E-state index in [1.807, 2.05) is 6.92 Å². The molecular weight excluding hydrogens is 232 g/mol. The Kier molecular flexibility index (Phi) is 9.71. The monoisotopic (exact) mass is 252 g/mol. The molecule has 0 aliphatic rings. The SMILES string of the molecule is COCCOCC(O)CSC(C)CC(=O)O. The smallest absolute Gasteiger partial charge is 0.304 e. The van der Waals surface area contributed by atoms with E-state index in [2.05, 4.69) is 0 Å². The van der Waals surface area contributed by atoms with Crippen molar-refractivity contribution in [2.24, 2.45) is 0 Å². The van der Waals surface area contributed by atoms with Gasteiger partial charge in [0.2, 0.25) is 0 Å². The van der Waals surface area contributed by atoms with Gasteiger partial charge >= 0.3 is 5.97 Å². The van der Waals surface area contributed by atoms with Crippen LogP contribution in [-0.4, -0.2) is 60.2 Å². The highest BCUT2D eigenvalue weighted by molar-refractivity contribution is 7.99.